The van der Waals surface area contributed by atoms with E-state index in [0.717, 1.165) is 39.0 Å². The molecule has 0 bridgehead atoms. The lowest BCUT2D eigenvalue weighted by Gasteiger charge is -2.39. The van der Waals surface area contributed by atoms with E-state index in [1.165, 1.54) is 11.3 Å². The Labute approximate surface area is 172 Å². The highest BCUT2D eigenvalue weighted by atomic mass is 35.5. The summed E-state index contributed by atoms with van der Waals surface area (Å²) in [7, 11) is 2.19. The van der Waals surface area contributed by atoms with Crippen molar-refractivity contribution >= 4 is 42.1 Å². The minimum atomic E-state index is -0.407. The maximum atomic E-state index is 12.5. The molecule has 3 heterocycles. The van der Waals surface area contributed by atoms with Crippen molar-refractivity contribution in [2.24, 2.45) is 17.6 Å². The van der Waals surface area contributed by atoms with Gasteiger partial charge in [-0.05, 0) is 62.6 Å². The number of hydrogen-bond donors (Lipinski definition) is 2. The van der Waals surface area contributed by atoms with Crippen LogP contribution in [0.2, 0.25) is 0 Å². The molecule has 8 heteroatoms. The molecule has 2 saturated heterocycles. The molecule has 3 N–H and O–H groups in total. The van der Waals surface area contributed by atoms with Gasteiger partial charge < -0.3 is 15.8 Å². The number of halogens is 2. The smallest absolute Gasteiger partial charge is 0.237 e. The number of carbonyl (C=O) groups excluding carboxylic acids is 1. The highest BCUT2D eigenvalue weighted by Crippen LogP contribution is 2.36. The number of likely N-dealkylation sites (tertiary alicyclic amines) is 1. The average Bonchev–Trinajstić information content (AvgIpc) is 3.14. The van der Waals surface area contributed by atoms with Crippen LogP contribution in [-0.4, -0.2) is 50.2 Å². The van der Waals surface area contributed by atoms with Gasteiger partial charge in [-0.15, -0.1) is 36.2 Å². The topological polar surface area (TPSA) is 67.6 Å². The number of nitrogens with one attached hydrogen (secondary N) is 1. The predicted octanol–water partition coefficient (Wildman–Crippen LogP) is 2.84. The minimum absolute atomic E-state index is 0. The number of ether oxygens (including phenoxy) is 1. The lowest BCUT2D eigenvalue weighted by atomic mass is 9.87. The fraction of sp³-hybridized carbons (Fsp3) is 0.722. The molecule has 5 nitrogen and oxygen atoms in total. The fourth-order valence-electron chi connectivity index (χ4n) is 4.02. The molecule has 1 aromatic heterocycles. The predicted molar refractivity (Wildman–Crippen MR) is 111 cm³/mol. The molecule has 2 aliphatic rings. The van der Waals surface area contributed by atoms with E-state index in [9.17, 15) is 4.79 Å². The Bertz CT molecular complexity index is 527. The highest BCUT2D eigenvalue weighted by molar-refractivity contribution is 7.10. The average molecular weight is 424 g/mol. The van der Waals surface area contributed by atoms with E-state index in [1.807, 2.05) is 11.3 Å². The first-order chi connectivity index (χ1) is 11.7. The van der Waals surface area contributed by atoms with Gasteiger partial charge in [-0.2, -0.15) is 0 Å². The number of piperidine rings is 1. The normalized spacial score (nSPS) is 25.6. The maximum Gasteiger partial charge on any atom is 0.237 e. The summed E-state index contributed by atoms with van der Waals surface area (Å²) in [6.07, 6.45) is 4.11. The Morgan fingerprint density at radius 2 is 2.12 bits per heavy atom. The SMILES string of the molecule is CN1CCCC(CNC(=O)C(N)C2CCOCC2)C1c1cccs1.Cl.Cl. The minimum Gasteiger partial charge on any atom is -0.381 e. The highest BCUT2D eigenvalue weighted by Gasteiger charge is 2.32. The quantitative estimate of drug-likeness (QED) is 0.763. The van der Waals surface area contributed by atoms with E-state index in [2.05, 4.69) is 34.8 Å². The summed E-state index contributed by atoms with van der Waals surface area (Å²) in [6, 6.07) is 4.31. The monoisotopic (exact) mass is 423 g/mol. The molecule has 150 valence electrons. The molecule has 0 aliphatic carbocycles. The van der Waals surface area contributed by atoms with E-state index < -0.39 is 6.04 Å². The van der Waals surface area contributed by atoms with Crippen molar-refractivity contribution in [1.82, 2.24) is 10.2 Å². The van der Waals surface area contributed by atoms with Crippen LogP contribution in [0.1, 0.15) is 36.6 Å². The molecule has 0 radical (unpaired) electrons. The number of nitrogens with two attached hydrogens (primary N) is 1. The van der Waals surface area contributed by atoms with Gasteiger partial charge in [-0.25, -0.2) is 0 Å². The van der Waals surface area contributed by atoms with E-state index in [-0.39, 0.29) is 36.6 Å². The number of thiophene rings is 1. The van der Waals surface area contributed by atoms with Crippen LogP contribution < -0.4 is 11.1 Å². The summed E-state index contributed by atoms with van der Waals surface area (Å²) in [5.41, 5.74) is 6.19. The van der Waals surface area contributed by atoms with E-state index in [0.29, 0.717) is 18.5 Å². The maximum absolute atomic E-state index is 12.5. The van der Waals surface area contributed by atoms with Crippen LogP contribution in [0.4, 0.5) is 0 Å². The molecule has 3 rings (SSSR count). The van der Waals surface area contributed by atoms with Gasteiger partial charge in [0, 0.05) is 30.7 Å². The van der Waals surface area contributed by atoms with E-state index in [4.69, 9.17) is 10.5 Å². The first-order valence-electron chi connectivity index (χ1n) is 9.01. The molecule has 3 atom stereocenters. The largest absolute Gasteiger partial charge is 0.381 e. The van der Waals surface area contributed by atoms with Crippen LogP contribution in [0, 0.1) is 11.8 Å². The molecule has 0 aromatic carbocycles. The lowest BCUT2D eigenvalue weighted by Crippen LogP contribution is -2.49. The Balaban J connectivity index is 0.00000169. The van der Waals surface area contributed by atoms with Crippen LogP contribution in [0.25, 0.3) is 0 Å². The summed E-state index contributed by atoms with van der Waals surface area (Å²) in [5.74, 6) is 0.703. The molecule has 2 aliphatic heterocycles. The van der Waals surface area contributed by atoms with Crippen LogP contribution in [0.15, 0.2) is 17.5 Å². The van der Waals surface area contributed by atoms with Gasteiger partial charge >= 0.3 is 0 Å². The van der Waals surface area contributed by atoms with Gasteiger partial charge in [0.05, 0.1) is 6.04 Å². The Morgan fingerprint density at radius 3 is 2.77 bits per heavy atom. The van der Waals surface area contributed by atoms with Crippen LogP contribution in [0.3, 0.4) is 0 Å². The van der Waals surface area contributed by atoms with Gasteiger partial charge in [-0.1, -0.05) is 6.07 Å². The molecule has 0 spiro atoms. The third-order valence-electron chi connectivity index (χ3n) is 5.46. The van der Waals surface area contributed by atoms with Crippen LogP contribution in [0.5, 0.6) is 0 Å². The third kappa shape index (κ3) is 5.81. The second-order valence-corrected chi connectivity index (χ2v) is 8.04. The van der Waals surface area contributed by atoms with Crippen molar-refractivity contribution < 1.29 is 9.53 Å². The summed E-state index contributed by atoms with van der Waals surface area (Å²) >= 11 is 1.81. The Morgan fingerprint density at radius 1 is 1.38 bits per heavy atom. The Hall–Kier alpha value is -0.370. The number of carbonyl (C=O) groups is 1. The second kappa shape index (κ2) is 11.5. The number of rotatable bonds is 5. The summed E-state index contributed by atoms with van der Waals surface area (Å²) in [5, 5.41) is 5.27. The van der Waals surface area contributed by atoms with Crippen molar-refractivity contribution in [2.75, 3.05) is 33.4 Å². The van der Waals surface area contributed by atoms with Crippen molar-refractivity contribution in [3.63, 3.8) is 0 Å². The van der Waals surface area contributed by atoms with Crippen molar-refractivity contribution in [3.8, 4) is 0 Å². The molecule has 26 heavy (non-hydrogen) atoms. The van der Waals surface area contributed by atoms with E-state index >= 15 is 0 Å². The zero-order valence-electron chi connectivity index (χ0n) is 15.3. The zero-order valence-corrected chi connectivity index (χ0v) is 17.7. The standard InChI is InChI=1S/C18H29N3O2S.2ClH/c1-21-8-2-4-14(17(21)15-5-3-11-24-15)12-20-18(22)16(19)13-6-9-23-10-7-13;;/h3,5,11,13-14,16-17H,2,4,6-10,12,19H2,1H3,(H,20,22);2*1H. The molecule has 2 fully saturated rings. The fourth-order valence-corrected chi connectivity index (χ4v) is 5.00. The summed E-state index contributed by atoms with van der Waals surface area (Å²) < 4.78 is 5.36. The van der Waals surface area contributed by atoms with Crippen molar-refractivity contribution in [2.45, 2.75) is 37.8 Å². The first kappa shape index (κ1) is 23.7. The van der Waals surface area contributed by atoms with Gasteiger partial charge in [0.25, 0.3) is 0 Å². The molecule has 3 unspecified atom stereocenters. The Kier molecular flexibility index (Phi) is 10.4. The van der Waals surface area contributed by atoms with Crippen molar-refractivity contribution in [3.05, 3.63) is 22.4 Å². The van der Waals surface area contributed by atoms with Crippen molar-refractivity contribution in [1.29, 1.82) is 0 Å². The van der Waals surface area contributed by atoms with Crippen LogP contribution in [-0.2, 0) is 9.53 Å². The molecule has 1 amide bonds. The number of nitrogens with zero attached hydrogens (tertiary/aromatic N) is 1. The second-order valence-electron chi connectivity index (χ2n) is 7.06. The first-order valence-corrected chi connectivity index (χ1v) is 9.89. The lowest BCUT2D eigenvalue weighted by molar-refractivity contribution is -0.124. The molecule has 1 aromatic rings. The van der Waals surface area contributed by atoms with Gasteiger partial charge in [-0.3, -0.25) is 9.69 Å². The molecule has 0 saturated carbocycles. The third-order valence-corrected chi connectivity index (χ3v) is 6.40. The van der Waals surface area contributed by atoms with E-state index in [1.54, 1.807) is 0 Å². The van der Waals surface area contributed by atoms with Gasteiger partial charge in [0.2, 0.25) is 5.91 Å². The molecular weight excluding hydrogens is 393 g/mol. The number of hydrogen-bond acceptors (Lipinski definition) is 5. The zero-order chi connectivity index (χ0) is 16.9. The van der Waals surface area contributed by atoms with Gasteiger partial charge in [0.15, 0.2) is 0 Å². The number of amides is 1. The molecular formula is C18H31Cl2N3O2S. The van der Waals surface area contributed by atoms with Gasteiger partial charge in [0.1, 0.15) is 0 Å². The van der Waals surface area contributed by atoms with Crippen LogP contribution >= 0.6 is 36.2 Å². The summed E-state index contributed by atoms with van der Waals surface area (Å²) in [6.45, 7) is 3.27. The summed E-state index contributed by atoms with van der Waals surface area (Å²) in [4.78, 5) is 16.3.